The molecule has 0 amide bonds. The number of hydrogen-bond acceptors (Lipinski definition) is 2. The maximum Gasteiger partial charge on any atom is 0.117 e. The molecule has 1 atom stereocenters. The lowest BCUT2D eigenvalue weighted by molar-refractivity contribution is 0.512. The third-order valence-corrected chi connectivity index (χ3v) is 2.68. The largest absolute Gasteiger partial charge is 0.339 e. The maximum absolute atomic E-state index is 8.85. The number of nitrogens with zero attached hydrogens (tertiary/aromatic N) is 2. The molecular formula is C11H12N2. The smallest absolute Gasteiger partial charge is 0.117 e. The summed E-state index contributed by atoms with van der Waals surface area (Å²) in [5, 5.41) is 8.85. The molecule has 0 saturated carbocycles. The normalized spacial score (nSPS) is 25.8. The molecule has 1 aliphatic heterocycles. The van der Waals surface area contributed by atoms with E-state index in [0.717, 1.165) is 12.1 Å². The van der Waals surface area contributed by atoms with E-state index in [2.05, 4.69) is 31.2 Å². The van der Waals surface area contributed by atoms with Crippen molar-refractivity contribution in [2.45, 2.75) is 13.3 Å². The minimum atomic E-state index is 0.435. The van der Waals surface area contributed by atoms with Gasteiger partial charge in [0.25, 0.3) is 0 Å². The van der Waals surface area contributed by atoms with Crippen LogP contribution in [-0.4, -0.2) is 11.9 Å². The predicted molar refractivity (Wildman–Crippen MR) is 51.4 cm³/mol. The first-order valence-electron chi connectivity index (χ1n) is 4.45. The lowest BCUT2D eigenvalue weighted by Crippen LogP contribution is -2.15. The van der Waals surface area contributed by atoms with Crippen LogP contribution in [0.25, 0.3) is 0 Å². The van der Waals surface area contributed by atoms with Gasteiger partial charge in [-0.2, -0.15) is 5.26 Å². The Bertz CT molecular complexity index is 366. The Kier molecular flexibility index (Phi) is 1.73. The van der Waals surface area contributed by atoms with Gasteiger partial charge in [-0.05, 0) is 25.5 Å². The summed E-state index contributed by atoms with van der Waals surface area (Å²) in [5.74, 6) is 0.435. The van der Waals surface area contributed by atoms with Crippen molar-refractivity contribution >= 4 is 0 Å². The molecule has 0 aromatic carbocycles. The second kappa shape index (κ2) is 2.77. The van der Waals surface area contributed by atoms with Crippen LogP contribution in [0.4, 0.5) is 0 Å². The Labute approximate surface area is 78.5 Å². The van der Waals surface area contributed by atoms with E-state index in [4.69, 9.17) is 5.26 Å². The van der Waals surface area contributed by atoms with Crippen molar-refractivity contribution in [1.29, 1.82) is 5.26 Å². The second-order valence-corrected chi connectivity index (χ2v) is 3.64. The van der Waals surface area contributed by atoms with E-state index in [9.17, 15) is 0 Å². The highest BCUT2D eigenvalue weighted by atomic mass is 15.1. The van der Waals surface area contributed by atoms with Gasteiger partial charge in [0, 0.05) is 18.7 Å². The summed E-state index contributed by atoms with van der Waals surface area (Å²) in [6, 6.07) is 2.21. The van der Waals surface area contributed by atoms with E-state index in [-0.39, 0.29) is 0 Å². The lowest BCUT2D eigenvalue weighted by atomic mass is 9.93. The van der Waals surface area contributed by atoms with Crippen molar-refractivity contribution in [3.8, 4) is 6.07 Å². The Hall–Kier alpha value is -1.49. The molecule has 1 heterocycles. The predicted octanol–water partition coefficient (Wildman–Crippen LogP) is 2.19. The Morgan fingerprint density at radius 3 is 3.00 bits per heavy atom. The Balaban J connectivity index is 2.36. The van der Waals surface area contributed by atoms with Crippen LogP contribution in [0.5, 0.6) is 0 Å². The van der Waals surface area contributed by atoms with Crippen LogP contribution >= 0.6 is 0 Å². The van der Waals surface area contributed by atoms with Crippen molar-refractivity contribution in [2.75, 3.05) is 7.05 Å². The lowest BCUT2D eigenvalue weighted by Gasteiger charge is -2.21. The van der Waals surface area contributed by atoms with Gasteiger partial charge in [-0.15, -0.1) is 0 Å². The molecule has 0 N–H and O–H groups in total. The van der Waals surface area contributed by atoms with Gasteiger partial charge in [0.05, 0.1) is 0 Å². The van der Waals surface area contributed by atoms with Crippen molar-refractivity contribution in [1.82, 2.24) is 4.90 Å². The fourth-order valence-corrected chi connectivity index (χ4v) is 1.93. The summed E-state index contributed by atoms with van der Waals surface area (Å²) in [5.41, 5.74) is 3.42. The summed E-state index contributed by atoms with van der Waals surface area (Å²) < 4.78 is 0. The van der Waals surface area contributed by atoms with E-state index in [1.807, 2.05) is 11.9 Å². The average Bonchev–Trinajstić information content (AvgIpc) is 2.42. The fourth-order valence-electron chi connectivity index (χ4n) is 1.93. The molecule has 2 heteroatoms. The van der Waals surface area contributed by atoms with Crippen LogP contribution < -0.4 is 0 Å². The first kappa shape index (κ1) is 8.12. The first-order valence-corrected chi connectivity index (χ1v) is 4.45. The highest BCUT2D eigenvalue weighted by Crippen LogP contribution is 2.35. The van der Waals surface area contributed by atoms with Crippen LogP contribution in [0.3, 0.4) is 0 Å². The highest BCUT2D eigenvalue weighted by molar-refractivity contribution is 5.40. The zero-order valence-electron chi connectivity index (χ0n) is 7.91. The van der Waals surface area contributed by atoms with Crippen molar-refractivity contribution < 1.29 is 0 Å². The first-order chi connectivity index (χ1) is 6.22. The Morgan fingerprint density at radius 1 is 1.54 bits per heavy atom. The van der Waals surface area contributed by atoms with E-state index in [0.29, 0.717) is 5.92 Å². The molecule has 66 valence electrons. The fraction of sp³-hybridized carbons (Fsp3) is 0.364. The maximum atomic E-state index is 8.85. The van der Waals surface area contributed by atoms with Gasteiger partial charge in [0.2, 0.25) is 0 Å². The topological polar surface area (TPSA) is 27.0 Å². The van der Waals surface area contributed by atoms with E-state index in [1.54, 1.807) is 0 Å². The number of hydrogen-bond donors (Lipinski definition) is 0. The molecule has 1 aliphatic carbocycles. The van der Waals surface area contributed by atoms with Gasteiger partial charge < -0.3 is 4.90 Å². The van der Waals surface area contributed by atoms with Gasteiger partial charge in [0.15, 0.2) is 0 Å². The molecule has 0 radical (unpaired) electrons. The second-order valence-electron chi connectivity index (χ2n) is 3.64. The van der Waals surface area contributed by atoms with Gasteiger partial charge in [-0.1, -0.05) is 11.6 Å². The zero-order chi connectivity index (χ0) is 9.42. The van der Waals surface area contributed by atoms with Crippen molar-refractivity contribution in [3.05, 3.63) is 35.2 Å². The highest BCUT2D eigenvalue weighted by Gasteiger charge is 2.27. The van der Waals surface area contributed by atoms with Crippen LogP contribution in [-0.2, 0) is 0 Å². The van der Waals surface area contributed by atoms with Gasteiger partial charge in [-0.25, -0.2) is 0 Å². The number of rotatable bonds is 0. The molecule has 13 heavy (non-hydrogen) atoms. The van der Waals surface area contributed by atoms with Crippen LogP contribution in [0.1, 0.15) is 13.3 Å². The number of allylic oxidation sites excluding steroid dienone is 5. The van der Waals surface area contributed by atoms with E-state index in [1.165, 1.54) is 11.3 Å². The Morgan fingerprint density at radius 2 is 2.31 bits per heavy atom. The van der Waals surface area contributed by atoms with Crippen molar-refractivity contribution in [2.24, 2.45) is 5.92 Å². The van der Waals surface area contributed by atoms with Crippen LogP contribution in [0.15, 0.2) is 35.2 Å². The van der Waals surface area contributed by atoms with Crippen LogP contribution in [0, 0.1) is 17.2 Å². The molecule has 2 aliphatic rings. The van der Waals surface area contributed by atoms with Crippen LogP contribution in [0.2, 0.25) is 0 Å². The average molecular weight is 172 g/mol. The monoisotopic (exact) mass is 172 g/mol. The molecule has 2 rings (SSSR count). The van der Waals surface area contributed by atoms with Gasteiger partial charge in [0.1, 0.15) is 11.8 Å². The summed E-state index contributed by atoms with van der Waals surface area (Å²) in [6.07, 6.45) is 7.37. The van der Waals surface area contributed by atoms with Crippen molar-refractivity contribution in [3.63, 3.8) is 0 Å². The molecule has 0 fully saturated rings. The van der Waals surface area contributed by atoms with Gasteiger partial charge in [-0.3, -0.25) is 0 Å². The van der Waals surface area contributed by atoms with E-state index >= 15 is 0 Å². The molecular weight excluding hydrogens is 160 g/mol. The molecule has 2 nitrogen and oxygen atoms in total. The zero-order valence-corrected chi connectivity index (χ0v) is 7.91. The molecule has 0 bridgehead atoms. The molecule has 0 saturated heterocycles. The minimum Gasteiger partial charge on any atom is -0.339 e. The molecule has 0 aromatic heterocycles. The summed E-state index contributed by atoms with van der Waals surface area (Å²) >= 11 is 0. The SMILES string of the molecule is CC1=CC=C2C(C=C(C#N)N2C)C1. The molecule has 0 aromatic rings. The summed E-state index contributed by atoms with van der Waals surface area (Å²) in [7, 11) is 1.95. The third-order valence-electron chi connectivity index (χ3n) is 2.68. The third kappa shape index (κ3) is 1.17. The quantitative estimate of drug-likeness (QED) is 0.560. The van der Waals surface area contributed by atoms with Gasteiger partial charge >= 0.3 is 0 Å². The van der Waals surface area contributed by atoms with E-state index < -0.39 is 0 Å². The molecule has 0 spiro atoms. The summed E-state index contributed by atoms with van der Waals surface area (Å²) in [6.45, 7) is 2.13. The number of nitriles is 1. The number of fused-ring (bicyclic) bond motifs is 1. The molecule has 1 unspecified atom stereocenters. The standard InChI is InChI=1S/C11H12N2/c1-8-3-4-11-9(5-8)6-10(7-12)13(11)2/h3-4,6,9H,5H2,1-2H3. The summed E-state index contributed by atoms with van der Waals surface area (Å²) in [4.78, 5) is 1.98. The minimum absolute atomic E-state index is 0.435.